The molecule has 0 saturated carbocycles. The van der Waals surface area contributed by atoms with Crippen molar-refractivity contribution in [3.63, 3.8) is 0 Å². The molecule has 9 rings (SSSR count). The van der Waals surface area contributed by atoms with Crippen molar-refractivity contribution in [2.24, 2.45) is 0 Å². The van der Waals surface area contributed by atoms with Gasteiger partial charge in [0.25, 0.3) is 0 Å². The van der Waals surface area contributed by atoms with Gasteiger partial charge in [-0.1, -0.05) is 115 Å². The molecule has 192 valence electrons. The van der Waals surface area contributed by atoms with E-state index in [9.17, 15) is 0 Å². The number of fused-ring (bicyclic) bond motifs is 6. The summed E-state index contributed by atoms with van der Waals surface area (Å²) >= 11 is 0. The van der Waals surface area contributed by atoms with Crippen molar-refractivity contribution >= 4 is 27.7 Å². The van der Waals surface area contributed by atoms with Crippen molar-refractivity contribution in [2.45, 2.75) is 12.0 Å². The molecule has 6 aromatic rings. The van der Waals surface area contributed by atoms with E-state index in [0.29, 0.717) is 5.92 Å². The van der Waals surface area contributed by atoms with Gasteiger partial charge in [-0.15, -0.1) is 0 Å². The van der Waals surface area contributed by atoms with Crippen molar-refractivity contribution in [1.29, 1.82) is 0 Å². The van der Waals surface area contributed by atoms with E-state index in [0.717, 1.165) is 5.69 Å². The van der Waals surface area contributed by atoms with Crippen LogP contribution in [0.25, 0.3) is 49.7 Å². The quantitative estimate of drug-likeness (QED) is 0.230. The lowest BCUT2D eigenvalue weighted by Gasteiger charge is -2.29. The van der Waals surface area contributed by atoms with E-state index in [4.69, 9.17) is 0 Å². The van der Waals surface area contributed by atoms with Crippen molar-refractivity contribution in [1.82, 2.24) is 4.98 Å². The van der Waals surface area contributed by atoms with Gasteiger partial charge >= 0.3 is 0 Å². The number of hydrogen-bond acceptors (Lipinski definition) is 2. The van der Waals surface area contributed by atoms with Crippen LogP contribution in [0.15, 0.2) is 146 Å². The molecule has 3 aliphatic rings. The van der Waals surface area contributed by atoms with Crippen LogP contribution in [0.1, 0.15) is 17.0 Å². The van der Waals surface area contributed by atoms with Crippen LogP contribution >= 0.6 is 0 Å². The van der Waals surface area contributed by atoms with E-state index < -0.39 is 0 Å². The second-order valence-electron chi connectivity index (χ2n) is 11.1. The molecule has 2 atom stereocenters. The molecule has 0 fully saturated rings. The lowest BCUT2D eigenvalue weighted by Crippen LogP contribution is -2.29. The molecule has 1 aliphatic heterocycles. The Kier molecular flexibility index (Phi) is 4.76. The summed E-state index contributed by atoms with van der Waals surface area (Å²) in [6.45, 7) is 0. The van der Waals surface area contributed by atoms with Gasteiger partial charge in [0.15, 0.2) is 0 Å². The summed E-state index contributed by atoms with van der Waals surface area (Å²) in [6, 6.07) is 42.4. The molecule has 5 aromatic carbocycles. The molecule has 0 radical (unpaired) electrons. The molecule has 2 heteroatoms. The highest BCUT2D eigenvalue weighted by atomic mass is 15.2. The monoisotopic (exact) mass is 522 g/mol. The molecule has 0 spiro atoms. The molecule has 2 unspecified atom stereocenters. The SMILES string of the molecule is C1=CC2C(C=C1c1ccc(-c3ccc4c5c(cccc35)-c3ccccc3-4)cc1)c1ccccc1N2c1cccnc1. The standard InChI is InChI=1S/C39H26N2/c1-2-9-31-30(8-1)34-12-5-11-33-29(19-20-35(31)39(33)34)26-16-14-25(15-17-26)27-18-21-38-36(23-27)32-10-3-4-13-37(32)41(38)28-7-6-22-40-24-28/h1-24,36,38H. The summed E-state index contributed by atoms with van der Waals surface area (Å²) in [7, 11) is 0. The van der Waals surface area contributed by atoms with Crippen molar-refractivity contribution in [2.75, 3.05) is 4.90 Å². The van der Waals surface area contributed by atoms with Crippen molar-refractivity contribution < 1.29 is 0 Å². The van der Waals surface area contributed by atoms with E-state index in [2.05, 4.69) is 137 Å². The van der Waals surface area contributed by atoms with E-state index >= 15 is 0 Å². The number of aromatic nitrogens is 1. The summed E-state index contributed by atoms with van der Waals surface area (Å²) in [5, 5.41) is 2.69. The zero-order valence-electron chi connectivity index (χ0n) is 22.4. The lowest BCUT2D eigenvalue weighted by molar-refractivity contribution is 0.746. The maximum atomic E-state index is 4.40. The van der Waals surface area contributed by atoms with Crippen LogP contribution in [0.4, 0.5) is 11.4 Å². The van der Waals surface area contributed by atoms with Gasteiger partial charge in [-0.05, 0) is 79.1 Å². The van der Waals surface area contributed by atoms with Gasteiger partial charge in [0.05, 0.1) is 17.9 Å². The number of nitrogens with zero attached hydrogens (tertiary/aromatic N) is 2. The minimum Gasteiger partial charge on any atom is -0.332 e. The van der Waals surface area contributed by atoms with Crippen LogP contribution in [0.5, 0.6) is 0 Å². The zero-order valence-corrected chi connectivity index (χ0v) is 22.4. The number of benzene rings is 5. The molecular weight excluding hydrogens is 496 g/mol. The maximum absolute atomic E-state index is 4.40. The fraction of sp³-hybridized carbons (Fsp3) is 0.0513. The summed E-state index contributed by atoms with van der Waals surface area (Å²) in [5.41, 5.74) is 14.2. The number of para-hydroxylation sites is 1. The first-order valence-corrected chi connectivity index (χ1v) is 14.3. The maximum Gasteiger partial charge on any atom is 0.0630 e. The van der Waals surface area contributed by atoms with Gasteiger partial charge in [0.2, 0.25) is 0 Å². The molecule has 2 aliphatic carbocycles. The van der Waals surface area contributed by atoms with Gasteiger partial charge in [-0.2, -0.15) is 0 Å². The molecule has 0 N–H and O–H groups in total. The largest absolute Gasteiger partial charge is 0.332 e. The van der Waals surface area contributed by atoms with Crippen LogP contribution in [0, 0.1) is 0 Å². The number of allylic oxidation sites excluding steroid dienone is 2. The van der Waals surface area contributed by atoms with Crippen LogP contribution < -0.4 is 4.90 Å². The number of rotatable bonds is 3. The molecular formula is C39H26N2. The highest BCUT2D eigenvalue weighted by Crippen LogP contribution is 2.50. The average Bonchev–Trinajstić information content (AvgIpc) is 3.56. The molecule has 0 bridgehead atoms. The number of anilines is 2. The second kappa shape index (κ2) is 8.64. The fourth-order valence-electron chi connectivity index (χ4n) is 7.24. The van der Waals surface area contributed by atoms with Gasteiger partial charge < -0.3 is 4.90 Å². The normalized spacial score (nSPS) is 17.8. The summed E-state index contributed by atoms with van der Waals surface area (Å²) in [4.78, 5) is 6.82. The Morgan fingerprint density at radius 2 is 1.32 bits per heavy atom. The first kappa shape index (κ1) is 22.6. The van der Waals surface area contributed by atoms with E-state index in [1.54, 1.807) is 0 Å². The third-order valence-corrected chi connectivity index (χ3v) is 9.05. The summed E-state index contributed by atoms with van der Waals surface area (Å²) in [5.74, 6) is 0.296. The average molecular weight is 523 g/mol. The minimum atomic E-state index is 0.247. The topological polar surface area (TPSA) is 16.1 Å². The molecule has 41 heavy (non-hydrogen) atoms. The zero-order chi connectivity index (χ0) is 26.9. The van der Waals surface area contributed by atoms with Crippen molar-refractivity contribution in [3.8, 4) is 33.4 Å². The molecule has 2 heterocycles. The Morgan fingerprint density at radius 3 is 2.15 bits per heavy atom. The molecule has 0 amide bonds. The Balaban J connectivity index is 1.08. The van der Waals surface area contributed by atoms with Gasteiger partial charge in [-0.25, -0.2) is 0 Å². The van der Waals surface area contributed by atoms with Crippen molar-refractivity contribution in [3.05, 3.63) is 157 Å². The van der Waals surface area contributed by atoms with E-state index in [1.165, 1.54) is 66.5 Å². The van der Waals surface area contributed by atoms with Crippen LogP contribution in [-0.2, 0) is 0 Å². The van der Waals surface area contributed by atoms with Crippen LogP contribution in [0.3, 0.4) is 0 Å². The first-order valence-electron chi connectivity index (χ1n) is 14.3. The minimum absolute atomic E-state index is 0.247. The Morgan fingerprint density at radius 1 is 0.585 bits per heavy atom. The highest BCUT2D eigenvalue weighted by molar-refractivity contribution is 6.18. The van der Waals surface area contributed by atoms with Gasteiger partial charge in [0.1, 0.15) is 0 Å². The van der Waals surface area contributed by atoms with E-state index in [1.807, 2.05) is 18.5 Å². The predicted molar refractivity (Wildman–Crippen MR) is 170 cm³/mol. The third kappa shape index (κ3) is 3.28. The summed E-state index contributed by atoms with van der Waals surface area (Å²) < 4.78 is 0. The molecule has 0 saturated heterocycles. The fourth-order valence-corrected chi connectivity index (χ4v) is 7.24. The lowest BCUT2D eigenvalue weighted by atomic mass is 9.86. The second-order valence-corrected chi connectivity index (χ2v) is 11.1. The van der Waals surface area contributed by atoms with Gasteiger partial charge in [0, 0.05) is 17.8 Å². The first-order chi connectivity index (χ1) is 20.3. The van der Waals surface area contributed by atoms with Gasteiger partial charge in [-0.3, -0.25) is 4.98 Å². The number of hydrogen-bond donors (Lipinski definition) is 0. The molecule has 2 nitrogen and oxygen atoms in total. The molecule has 1 aromatic heterocycles. The third-order valence-electron chi connectivity index (χ3n) is 9.05. The highest BCUT2D eigenvalue weighted by Gasteiger charge is 2.38. The van der Waals surface area contributed by atoms with Crippen LogP contribution in [-0.4, -0.2) is 11.0 Å². The predicted octanol–water partition coefficient (Wildman–Crippen LogP) is 9.81. The van der Waals surface area contributed by atoms with Crippen LogP contribution in [0.2, 0.25) is 0 Å². The smallest absolute Gasteiger partial charge is 0.0630 e. The summed E-state index contributed by atoms with van der Waals surface area (Å²) in [6.07, 6.45) is 10.9. The Hall–Kier alpha value is -5.21. The Bertz CT molecular complexity index is 2020. The number of pyridine rings is 1. The Labute approximate surface area is 239 Å². The van der Waals surface area contributed by atoms with E-state index in [-0.39, 0.29) is 6.04 Å².